The number of halogens is 1. The van der Waals surface area contributed by atoms with E-state index in [4.69, 9.17) is 0 Å². The third kappa shape index (κ3) is 3.13. The van der Waals surface area contributed by atoms with Gasteiger partial charge in [-0.15, -0.1) is 0 Å². The maximum atomic E-state index is 13.1. The van der Waals surface area contributed by atoms with E-state index in [0.717, 1.165) is 36.3 Å². The summed E-state index contributed by atoms with van der Waals surface area (Å²) < 4.78 is 12.5. The molecule has 1 aliphatic heterocycles. The summed E-state index contributed by atoms with van der Waals surface area (Å²) in [5, 5.41) is 3.01. The zero-order valence-corrected chi connectivity index (χ0v) is 16.0. The molecule has 0 spiro atoms. The molecule has 0 saturated carbocycles. The molecule has 2 aromatic rings. The second-order valence-corrected chi connectivity index (χ2v) is 7.13. The second kappa shape index (κ2) is 7.62. The lowest BCUT2D eigenvalue weighted by Crippen LogP contribution is -2.32. The normalized spacial score (nSPS) is 16.1. The molecule has 0 atom stereocenters. The van der Waals surface area contributed by atoms with Gasteiger partial charge in [0, 0.05) is 18.8 Å². The van der Waals surface area contributed by atoms with Crippen molar-refractivity contribution in [2.24, 2.45) is 0 Å². The third-order valence-corrected chi connectivity index (χ3v) is 5.44. The van der Waals surface area contributed by atoms with Crippen molar-refractivity contribution < 1.29 is 14.0 Å². The van der Waals surface area contributed by atoms with E-state index in [1.54, 1.807) is 9.80 Å². The maximum absolute atomic E-state index is 13.1. The van der Waals surface area contributed by atoms with Crippen molar-refractivity contribution in [3.8, 4) is 0 Å². The molecule has 2 aromatic carbocycles. The predicted molar refractivity (Wildman–Crippen MR) is 109 cm³/mol. The van der Waals surface area contributed by atoms with E-state index < -0.39 is 6.67 Å². The van der Waals surface area contributed by atoms with E-state index in [9.17, 15) is 14.0 Å². The molecule has 0 bridgehead atoms. The molecule has 2 aliphatic rings. The molecule has 146 valence electrons. The Morgan fingerprint density at radius 2 is 1.96 bits per heavy atom. The van der Waals surface area contributed by atoms with Crippen LogP contribution < -0.4 is 15.1 Å². The van der Waals surface area contributed by atoms with Gasteiger partial charge in [-0.3, -0.25) is 14.5 Å². The van der Waals surface area contributed by atoms with Crippen LogP contribution >= 0.6 is 0 Å². The van der Waals surface area contributed by atoms with E-state index in [1.165, 1.54) is 11.1 Å². The molecule has 1 aliphatic carbocycles. The summed E-state index contributed by atoms with van der Waals surface area (Å²) in [7, 11) is 0. The first-order valence-corrected chi connectivity index (χ1v) is 9.82. The van der Waals surface area contributed by atoms with Crippen LogP contribution in [0, 0.1) is 0 Å². The summed E-state index contributed by atoms with van der Waals surface area (Å²) in [6, 6.07) is 11.4. The van der Waals surface area contributed by atoms with Gasteiger partial charge in [-0.1, -0.05) is 12.1 Å². The highest BCUT2D eigenvalue weighted by molar-refractivity contribution is 6.18. The van der Waals surface area contributed by atoms with Crippen LogP contribution in [0.25, 0.3) is 0 Å². The Morgan fingerprint density at radius 3 is 2.75 bits per heavy atom. The fourth-order valence-electron chi connectivity index (χ4n) is 4.24. The second-order valence-electron chi connectivity index (χ2n) is 7.13. The van der Waals surface area contributed by atoms with E-state index in [2.05, 4.69) is 11.4 Å². The van der Waals surface area contributed by atoms with Crippen molar-refractivity contribution in [3.05, 3.63) is 47.5 Å². The van der Waals surface area contributed by atoms with Crippen LogP contribution in [0.1, 0.15) is 30.9 Å². The number of nitrogens with one attached hydrogen (secondary N) is 1. The van der Waals surface area contributed by atoms with Crippen molar-refractivity contribution in [1.29, 1.82) is 0 Å². The highest BCUT2D eigenvalue weighted by atomic mass is 19.1. The molecule has 4 rings (SSSR count). The van der Waals surface area contributed by atoms with E-state index in [0.29, 0.717) is 12.2 Å². The number of nitrogens with zero attached hydrogens (tertiary/aromatic N) is 2. The van der Waals surface area contributed by atoms with Crippen LogP contribution in [-0.2, 0) is 22.4 Å². The molecular formula is C22H24FN3O2. The first-order valence-electron chi connectivity index (χ1n) is 9.82. The standard InChI is InChI=1S/C22H24FN3O2/c1-2-25-20(27)14-21(28)26(17-7-4-6-16(13-17)24-12-11-23)19-10-9-15-5-3-8-18(15)22(19)25/h4,6-7,9-10,13,24H,2-3,5,8,11-12,14H2,1H3. The number of carbonyl (C=O) groups excluding carboxylic acids is 2. The van der Waals surface area contributed by atoms with Gasteiger partial charge in [0.25, 0.3) is 0 Å². The van der Waals surface area contributed by atoms with Gasteiger partial charge in [-0.05, 0) is 61.6 Å². The van der Waals surface area contributed by atoms with Gasteiger partial charge in [0.15, 0.2) is 0 Å². The van der Waals surface area contributed by atoms with Gasteiger partial charge in [0.2, 0.25) is 11.8 Å². The number of rotatable bonds is 5. The molecule has 0 fully saturated rings. The van der Waals surface area contributed by atoms with E-state index >= 15 is 0 Å². The van der Waals surface area contributed by atoms with Gasteiger partial charge in [-0.25, -0.2) is 4.39 Å². The number of alkyl halides is 1. The Morgan fingerprint density at radius 1 is 1.11 bits per heavy atom. The number of fused-ring (bicyclic) bond motifs is 3. The fourth-order valence-corrected chi connectivity index (χ4v) is 4.24. The maximum Gasteiger partial charge on any atom is 0.241 e. The molecule has 0 aromatic heterocycles. The first kappa shape index (κ1) is 18.5. The van der Waals surface area contributed by atoms with Crippen molar-refractivity contribution in [3.63, 3.8) is 0 Å². The Balaban J connectivity index is 1.87. The van der Waals surface area contributed by atoms with Gasteiger partial charge < -0.3 is 10.2 Å². The van der Waals surface area contributed by atoms with Crippen molar-refractivity contribution in [1.82, 2.24) is 0 Å². The SMILES string of the molecule is CCN1C(=O)CC(=O)N(c2cccc(NCCF)c2)c2ccc3c(c21)CCC3. The summed E-state index contributed by atoms with van der Waals surface area (Å²) in [5.74, 6) is -0.411. The summed E-state index contributed by atoms with van der Waals surface area (Å²) in [5.41, 5.74) is 5.49. The molecule has 0 unspecified atom stereocenters. The Hall–Kier alpha value is -2.89. The minimum Gasteiger partial charge on any atom is -0.382 e. The Bertz CT molecular complexity index is 928. The van der Waals surface area contributed by atoms with Crippen molar-refractivity contribution in [2.75, 3.05) is 34.9 Å². The fraction of sp³-hybridized carbons (Fsp3) is 0.364. The number of anilines is 4. The summed E-state index contributed by atoms with van der Waals surface area (Å²) in [4.78, 5) is 29.3. The summed E-state index contributed by atoms with van der Waals surface area (Å²) >= 11 is 0. The molecule has 1 heterocycles. The molecule has 2 amide bonds. The molecule has 0 radical (unpaired) electrons. The van der Waals surface area contributed by atoms with E-state index in [1.807, 2.05) is 37.3 Å². The molecule has 5 nitrogen and oxygen atoms in total. The number of aryl methyl sites for hydroxylation is 1. The lowest BCUT2D eigenvalue weighted by atomic mass is 10.0. The van der Waals surface area contributed by atoms with Crippen LogP contribution in [0.15, 0.2) is 36.4 Å². The first-order chi connectivity index (χ1) is 13.6. The van der Waals surface area contributed by atoms with Gasteiger partial charge >= 0.3 is 0 Å². The molecule has 0 saturated heterocycles. The van der Waals surface area contributed by atoms with Crippen LogP contribution in [0.2, 0.25) is 0 Å². The van der Waals surface area contributed by atoms with Crippen molar-refractivity contribution in [2.45, 2.75) is 32.6 Å². The van der Waals surface area contributed by atoms with Crippen LogP contribution in [0.5, 0.6) is 0 Å². The predicted octanol–water partition coefficient (Wildman–Crippen LogP) is 3.98. The monoisotopic (exact) mass is 381 g/mol. The number of hydrogen-bond donors (Lipinski definition) is 1. The number of hydrogen-bond acceptors (Lipinski definition) is 3. The summed E-state index contributed by atoms with van der Waals surface area (Å²) in [6.45, 7) is 2.21. The zero-order chi connectivity index (χ0) is 19.7. The Kier molecular flexibility index (Phi) is 5.03. The third-order valence-electron chi connectivity index (χ3n) is 5.44. The van der Waals surface area contributed by atoms with Crippen LogP contribution in [0.3, 0.4) is 0 Å². The highest BCUT2D eigenvalue weighted by Gasteiger charge is 2.35. The molecule has 28 heavy (non-hydrogen) atoms. The molecular weight excluding hydrogens is 357 g/mol. The smallest absolute Gasteiger partial charge is 0.241 e. The summed E-state index contributed by atoms with van der Waals surface area (Å²) in [6.07, 6.45) is 2.82. The number of benzene rings is 2. The lowest BCUT2D eigenvalue weighted by Gasteiger charge is -2.27. The average molecular weight is 381 g/mol. The highest BCUT2D eigenvalue weighted by Crippen LogP contribution is 2.44. The van der Waals surface area contributed by atoms with Crippen LogP contribution in [-0.4, -0.2) is 31.6 Å². The largest absolute Gasteiger partial charge is 0.382 e. The number of carbonyl (C=O) groups is 2. The quantitative estimate of drug-likeness (QED) is 0.797. The lowest BCUT2D eigenvalue weighted by molar-refractivity contribution is -0.125. The molecule has 1 N–H and O–H groups in total. The minimum absolute atomic E-state index is 0.164. The average Bonchev–Trinajstić information content (AvgIpc) is 3.13. The van der Waals surface area contributed by atoms with E-state index in [-0.39, 0.29) is 24.8 Å². The minimum atomic E-state index is -0.470. The molecule has 6 heteroatoms. The number of amides is 2. The Labute approximate surface area is 164 Å². The topological polar surface area (TPSA) is 52.7 Å². The van der Waals surface area contributed by atoms with Gasteiger partial charge in [0.05, 0.1) is 17.1 Å². The van der Waals surface area contributed by atoms with Crippen LogP contribution in [0.4, 0.5) is 27.1 Å². The van der Waals surface area contributed by atoms with Crippen molar-refractivity contribution >= 4 is 34.6 Å². The zero-order valence-electron chi connectivity index (χ0n) is 16.0. The van der Waals surface area contributed by atoms with Gasteiger partial charge in [0.1, 0.15) is 13.1 Å². The van der Waals surface area contributed by atoms with Gasteiger partial charge in [-0.2, -0.15) is 0 Å².